The van der Waals surface area contributed by atoms with E-state index in [0.717, 1.165) is 11.0 Å². The van der Waals surface area contributed by atoms with Gasteiger partial charge in [-0.2, -0.15) is 0 Å². The van der Waals surface area contributed by atoms with Crippen molar-refractivity contribution >= 4 is 17.1 Å². The third-order valence-electron chi connectivity index (χ3n) is 2.10. The van der Waals surface area contributed by atoms with Crippen LogP contribution >= 0.6 is 0 Å². The van der Waals surface area contributed by atoms with Crippen molar-refractivity contribution in [2.24, 2.45) is 0 Å². The molecule has 0 atom stereocenters. The number of rotatable bonds is 2. The summed E-state index contributed by atoms with van der Waals surface area (Å²) in [6, 6.07) is 7.49. The van der Waals surface area contributed by atoms with Crippen LogP contribution in [-0.4, -0.2) is 40.1 Å². The fourth-order valence-corrected chi connectivity index (χ4v) is 1.26. The Labute approximate surface area is 92.4 Å². The number of benzene rings is 1. The fourth-order valence-electron chi connectivity index (χ4n) is 1.26. The molecular formula is C10H12N4O2. The first-order chi connectivity index (χ1) is 7.68. The van der Waals surface area contributed by atoms with Gasteiger partial charge in [-0.15, -0.1) is 5.10 Å². The Hall–Kier alpha value is -2.11. The Kier molecular flexibility index (Phi) is 2.72. The minimum atomic E-state index is -0.403. The number of hydrogen-bond donors (Lipinski definition) is 0. The van der Waals surface area contributed by atoms with Crippen molar-refractivity contribution in [2.75, 3.05) is 14.1 Å². The molecule has 6 nitrogen and oxygen atoms in total. The van der Waals surface area contributed by atoms with Crippen LogP contribution in [0.25, 0.3) is 11.0 Å². The predicted molar refractivity (Wildman–Crippen MR) is 57.7 cm³/mol. The zero-order chi connectivity index (χ0) is 11.5. The van der Waals surface area contributed by atoms with Gasteiger partial charge in [0.2, 0.25) is 0 Å². The SMILES string of the molecule is CN(C)C(=O)OCn1nnc2ccccc21. The van der Waals surface area contributed by atoms with Crippen molar-refractivity contribution < 1.29 is 9.53 Å². The van der Waals surface area contributed by atoms with E-state index in [2.05, 4.69) is 10.3 Å². The van der Waals surface area contributed by atoms with Crippen LogP contribution in [0.2, 0.25) is 0 Å². The van der Waals surface area contributed by atoms with Gasteiger partial charge in [0.1, 0.15) is 5.52 Å². The first-order valence-corrected chi connectivity index (χ1v) is 4.81. The topological polar surface area (TPSA) is 60.2 Å². The summed E-state index contributed by atoms with van der Waals surface area (Å²) in [5.41, 5.74) is 1.62. The summed E-state index contributed by atoms with van der Waals surface area (Å²) < 4.78 is 6.54. The van der Waals surface area contributed by atoms with Crippen LogP contribution in [0.5, 0.6) is 0 Å². The van der Waals surface area contributed by atoms with Crippen LogP contribution < -0.4 is 0 Å². The van der Waals surface area contributed by atoms with Crippen LogP contribution in [0.1, 0.15) is 0 Å². The van der Waals surface area contributed by atoms with Gasteiger partial charge in [-0.1, -0.05) is 17.3 Å². The minimum absolute atomic E-state index is 0.0670. The maximum absolute atomic E-state index is 11.2. The van der Waals surface area contributed by atoms with E-state index in [1.165, 1.54) is 9.58 Å². The van der Waals surface area contributed by atoms with Crippen molar-refractivity contribution in [2.45, 2.75) is 6.73 Å². The minimum Gasteiger partial charge on any atom is -0.426 e. The van der Waals surface area contributed by atoms with Gasteiger partial charge >= 0.3 is 6.09 Å². The van der Waals surface area contributed by atoms with Gasteiger partial charge < -0.3 is 9.64 Å². The molecule has 1 aromatic carbocycles. The quantitative estimate of drug-likeness (QED) is 0.760. The third kappa shape index (κ3) is 1.95. The second-order valence-corrected chi connectivity index (χ2v) is 3.51. The summed E-state index contributed by atoms with van der Waals surface area (Å²) in [6.07, 6.45) is -0.403. The summed E-state index contributed by atoms with van der Waals surface area (Å²) in [4.78, 5) is 12.6. The molecule has 0 N–H and O–H groups in total. The lowest BCUT2D eigenvalue weighted by Gasteiger charge is -2.10. The molecule has 0 aliphatic heterocycles. The molecule has 0 bridgehead atoms. The molecule has 2 rings (SSSR count). The van der Waals surface area contributed by atoms with Gasteiger partial charge in [0.05, 0.1) is 5.52 Å². The highest BCUT2D eigenvalue weighted by Crippen LogP contribution is 2.09. The van der Waals surface area contributed by atoms with Crippen molar-refractivity contribution in [3.05, 3.63) is 24.3 Å². The summed E-state index contributed by atoms with van der Waals surface area (Å²) in [7, 11) is 3.25. The van der Waals surface area contributed by atoms with Crippen molar-refractivity contribution in [3.63, 3.8) is 0 Å². The molecule has 0 aliphatic carbocycles. The summed E-state index contributed by atoms with van der Waals surface area (Å²) in [6.45, 7) is 0.0670. The van der Waals surface area contributed by atoms with Gasteiger partial charge in [0.15, 0.2) is 6.73 Å². The lowest BCUT2D eigenvalue weighted by Crippen LogP contribution is -2.24. The lowest BCUT2D eigenvalue weighted by atomic mass is 10.3. The Morgan fingerprint density at radius 3 is 2.94 bits per heavy atom. The second kappa shape index (κ2) is 4.18. The van der Waals surface area contributed by atoms with E-state index in [1.54, 1.807) is 14.1 Å². The predicted octanol–water partition coefficient (Wildman–Crippen LogP) is 1.09. The Bertz CT molecular complexity index is 506. The summed E-state index contributed by atoms with van der Waals surface area (Å²) in [5.74, 6) is 0. The largest absolute Gasteiger partial charge is 0.426 e. The van der Waals surface area contributed by atoms with Gasteiger partial charge in [-0.25, -0.2) is 9.48 Å². The molecule has 1 heterocycles. The lowest BCUT2D eigenvalue weighted by molar-refractivity contribution is 0.0850. The highest BCUT2D eigenvalue weighted by molar-refractivity contribution is 5.73. The molecule has 84 valence electrons. The van der Waals surface area contributed by atoms with E-state index in [-0.39, 0.29) is 6.73 Å². The van der Waals surface area contributed by atoms with Gasteiger partial charge in [-0.3, -0.25) is 0 Å². The van der Waals surface area contributed by atoms with Gasteiger partial charge in [-0.05, 0) is 12.1 Å². The zero-order valence-electron chi connectivity index (χ0n) is 9.12. The Morgan fingerprint density at radius 1 is 1.44 bits per heavy atom. The molecule has 6 heteroatoms. The van der Waals surface area contributed by atoms with Crippen molar-refractivity contribution in [3.8, 4) is 0 Å². The molecule has 0 radical (unpaired) electrons. The highest BCUT2D eigenvalue weighted by Gasteiger charge is 2.07. The van der Waals surface area contributed by atoms with E-state index in [1.807, 2.05) is 24.3 Å². The fraction of sp³-hybridized carbons (Fsp3) is 0.300. The number of carbonyl (C=O) groups is 1. The maximum atomic E-state index is 11.2. The molecule has 2 aromatic rings. The molecule has 16 heavy (non-hydrogen) atoms. The molecule has 1 amide bonds. The van der Waals surface area contributed by atoms with E-state index in [4.69, 9.17) is 4.74 Å². The maximum Gasteiger partial charge on any atom is 0.411 e. The number of nitrogens with zero attached hydrogens (tertiary/aromatic N) is 4. The normalized spacial score (nSPS) is 10.4. The van der Waals surface area contributed by atoms with Crippen LogP contribution in [0.3, 0.4) is 0 Å². The standard InChI is InChI=1S/C10H12N4O2/c1-13(2)10(15)16-7-14-9-6-4-3-5-8(9)11-12-14/h3-6H,7H2,1-2H3. The van der Waals surface area contributed by atoms with Crippen LogP contribution in [0, 0.1) is 0 Å². The average Bonchev–Trinajstić information content (AvgIpc) is 2.69. The highest BCUT2D eigenvalue weighted by atomic mass is 16.6. The average molecular weight is 220 g/mol. The molecule has 0 spiro atoms. The molecule has 1 aromatic heterocycles. The van der Waals surface area contributed by atoms with E-state index in [9.17, 15) is 4.79 Å². The van der Waals surface area contributed by atoms with Crippen LogP contribution in [0.4, 0.5) is 4.79 Å². The van der Waals surface area contributed by atoms with Crippen LogP contribution in [0.15, 0.2) is 24.3 Å². The van der Waals surface area contributed by atoms with E-state index >= 15 is 0 Å². The molecule has 0 saturated heterocycles. The van der Waals surface area contributed by atoms with Gasteiger partial charge in [0.25, 0.3) is 0 Å². The zero-order valence-corrected chi connectivity index (χ0v) is 9.12. The van der Waals surface area contributed by atoms with Crippen molar-refractivity contribution in [1.29, 1.82) is 0 Å². The number of ether oxygens (including phenoxy) is 1. The molecule has 0 aliphatic rings. The second-order valence-electron chi connectivity index (χ2n) is 3.51. The monoisotopic (exact) mass is 220 g/mol. The van der Waals surface area contributed by atoms with E-state index in [0.29, 0.717) is 0 Å². The number of fused-ring (bicyclic) bond motifs is 1. The molecule has 0 fully saturated rings. The first-order valence-electron chi connectivity index (χ1n) is 4.81. The number of hydrogen-bond acceptors (Lipinski definition) is 4. The molecule has 0 unspecified atom stereocenters. The summed E-state index contributed by atoms with van der Waals surface area (Å²) >= 11 is 0. The Morgan fingerprint density at radius 2 is 2.19 bits per heavy atom. The van der Waals surface area contributed by atoms with E-state index < -0.39 is 6.09 Å². The smallest absolute Gasteiger partial charge is 0.411 e. The first kappa shape index (κ1) is 10.4. The third-order valence-corrected chi connectivity index (χ3v) is 2.10. The number of amides is 1. The number of carbonyl (C=O) groups excluding carboxylic acids is 1. The number of aromatic nitrogens is 3. The summed E-state index contributed by atoms with van der Waals surface area (Å²) in [5, 5.41) is 7.85. The van der Waals surface area contributed by atoms with Crippen molar-refractivity contribution in [1.82, 2.24) is 19.9 Å². The van der Waals surface area contributed by atoms with Gasteiger partial charge in [0, 0.05) is 14.1 Å². The van der Waals surface area contributed by atoms with Crippen LogP contribution in [-0.2, 0) is 11.5 Å². The molecule has 0 saturated carbocycles. The molecular weight excluding hydrogens is 208 g/mol. The number of para-hydroxylation sites is 1. The Balaban J connectivity index is 2.13.